The number of aromatic nitrogens is 1. The van der Waals surface area contributed by atoms with E-state index in [1.54, 1.807) is 0 Å². The van der Waals surface area contributed by atoms with Gasteiger partial charge in [-0.05, 0) is 46.0 Å². The summed E-state index contributed by atoms with van der Waals surface area (Å²) >= 11 is 0. The third kappa shape index (κ3) is 6.34. The molecule has 0 aromatic carbocycles. The predicted octanol–water partition coefficient (Wildman–Crippen LogP) is 1.37. The summed E-state index contributed by atoms with van der Waals surface area (Å²) in [4.78, 5) is 16.8. The first-order valence-corrected chi connectivity index (χ1v) is 10.9. The lowest BCUT2D eigenvalue weighted by molar-refractivity contribution is 0.232. The molecule has 2 fully saturated rings. The Morgan fingerprint density at radius 1 is 1.07 bits per heavy atom. The standard InChI is InChI=1S/C21H37N7/c1-3-22-21(24-10-13-27-11-5-4-6-12-27)25-18-19-8-7-9-23-20(19)28-16-14-26(2)15-17-28/h7-9H,3-6,10-18H2,1-2H3,(H2,22,24,25). The van der Waals surface area contributed by atoms with E-state index in [9.17, 15) is 0 Å². The first-order chi connectivity index (χ1) is 13.8. The van der Waals surface area contributed by atoms with Crippen molar-refractivity contribution in [2.24, 2.45) is 4.99 Å². The second-order valence-electron chi connectivity index (χ2n) is 7.80. The Labute approximate surface area is 170 Å². The fraction of sp³-hybridized carbons (Fsp3) is 0.714. The van der Waals surface area contributed by atoms with Crippen molar-refractivity contribution in [3.63, 3.8) is 0 Å². The summed E-state index contributed by atoms with van der Waals surface area (Å²) in [5, 5.41) is 6.87. The molecule has 7 nitrogen and oxygen atoms in total. The van der Waals surface area contributed by atoms with Crippen LogP contribution in [0.1, 0.15) is 31.7 Å². The molecule has 2 N–H and O–H groups in total. The summed E-state index contributed by atoms with van der Waals surface area (Å²) in [6.45, 7) is 12.3. The first kappa shape index (κ1) is 20.9. The number of likely N-dealkylation sites (tertiary alicyclic amines) is 1. The maximum absolute atomic E-state index is 4.84. The zero-order valence-electron chi connectivity index (χ0n) is 17.7. The molecule has 3 rings (SSSR count). The summed E-state index contributed by atoms with van der Waals surface area (Å²) < 4.78 is 0. The minimum absolute atomic E-state index is 0.647. The topological polar surface area (TPSA) is 59.0 Å². The lowest BCUT2D eigenvalue weighted by Crippen LogP contribution is -2.45. The van der Waals surface area contributed by atoms with Crippen LogP contribution >= 0.6 is 0 Å². The molecule has 0 spiro atoms. The van der Waals surface area contributed by atoms with Gasteiger partial charge in [-0.2, -0.15) is 0 Å². The molecule has 0 saturated carbocycles. The fourth-order valence-electron chi connectivity index (χ4n) is 3.88. The molecule has 2 aliphatic rings. The lowest BCUT2D eigenvalue weighted by Gasteiger charge is -2.34. The number of hydrogen-bond acceptors (Lipinski definition) is 5. The van der Waals surface area contributed by atoms with Crippen molar-refractivity contribution in [3.8, 4) is 0 Å². The van der Waals surface area contributed by atoms with Gasteiger partial charge in [0.2, 0.25) is 0 Å². The van der Waals surface area contributed by atoms with Gasteiger partial charge in [0.1, 0.15) is 5.82 Å². The summed E-state index contributed by atoms with van der Waals surface area (Å²) in [6.07, 6.45) is 5.95. The van der Waals surface area contributed by atoms with E-state index in [1.807, 2.05) is 12.3 Å². The van der Waals surface area contributed by atoms with Gasteiger partial charge in [-0.25, -0.2) is 9.98 Å². The molecule has 1 aromatic rings. The Bertz CT molecular complexity index is 605. The second-order valence-corrected chi connectivity index (χ2v) is 7.80. The number of nitrogens with one attached hydrogen (secondary N) is 2. The van der Waals surface area contributed by atoms with E-state index >= 15 is 0 Å². The van der Waals surface area contributed by atoms with Crippen LogP contribution in [0.4, 0.5) is 5.82 Å². The van der Waals surface area contributed by atoms with E-state index in [1.165, 1.54) is 37.9 Å². The number of nitrogens with zero attached hydrogens (tertiary/aromatic N) is 5. The highest BCUT2D eigenvalue weighted by Crippen LogP contribution is 2.19. The number of anilines is 1. The van der Waals surface area contributed by atoms with Gasteiger partial charge < -0.3 is 25.3 Å². The molecule has 2 saturated heterocycles. The summed E-state index contributed by atoms with van der Waals surface area (Å²) in [5.41, 5.74) is 1.19. The Hall–Kier alpha value is -1.86. The molecular formula is C21H37N7. The molecule has 156 valence electrons. The Kier molecular flexibility index (Phi) is 8.36. The third-order valence-corrected chi connectivity index (χ3v) is 5.59. The van der Waals surface area contributed by atoms with Crippen LogP contribution in [-0.4, -0.2) is 86.7 Å². The van der Waals surface area contributed by atoms with Crippen molar-refractivity contribution in [2.75, 3.05) is 70.9 Å². The number of hydrogen-bond donors (Lipinski definition) is 2. The van der Waals surface area contributed by atoms with Crippen LogP contribution in [0.2, 0.25) is 0 Å². The molecular weight excluding hydrogens is 350 g/mol. The van der Waals surface area contributed by atoms with Crippen LogP contribution in [0.3, 0.4) is 0 Å². The molecule has 0 amide bonds. The fourth-order valence-corrected chi connectivity index (χ4v) is 3.88. The molecule has 0 aliphatic carbocycles. The highest BCUT2D eigenvalue weighted by Gasteiger charge is 2.17. The van der Waals surface area contributed by atoms with Crippen LogP contribution in [0.15, 0.2) is 23.3 Å². The van der Waals surface area contributed by atoms with Crippen molar-refractivity contribution in [1.82, 2.24) is 25.4 Å². The number of piperazine rings is 1. The number of pyridine rings is 1. The highest BCUT2D eigenvalue weighted by atomic mass is 15.3. The van der Waals surface area contributed by atoms with E-state index < -0.39 is 0 Å². The van der Waals surface area contributed by atoms with Gasteiger partial charge in [-0.3, -0.25) is 0 Å². The summed E-state index contributed by atoms with van der Waals surface area (Å²) in [6, 6.07) is 4.17. The molecule has 0 bridgehead atoms. The third-order valence-electron chi connectivity index (χ3n) is 5.59. The molecule has 0 radical (unpaired) electrons. The van der Waals surface area contributed by atoms with Gasteiger partial charge in [0.15, 0.2) is 5.96 Å². The maximum atomic E-state index is 4.84. The monoisotopic (exact) mass is 387 g/mol. The second kappa shape index (κ2) is 11.2. The van der Waals surface area contributed by atoms with E-state index in [4.69, 9.17) is 4.99 Å². The maximum Gasteiger partial charge on any atom is 0.191 e. The first-order valence-electron chi connectivity index (χ1n) is 10.9. The molecule has 2 aliphatic heterocycles. The van der Waals surface area contributed by atoms with Crippen LogP contribution in [0.5, 0.6) is 0 Å². The van der Waals surface area contributed by atoms with Gasteiger partial charge in [-0.1, -0.05) is 12.5 Å². The summed E-state index contributed by atoms with van der Waals surface area (Å²) in [7, 11) is 2.18. The Morgan fingerprint density at radius 3 is 2.61 bits per heavy atom. The molecule has 3 heterocycles. The average Bonchev–Trinajstić information content (AvgIpc) is 2.74. The molecule has 1 aromatic heterocycles. The van der Waals surface area contributed by atoms with E-state index in [2.05, 4.69) is 50.4 Å². The van der Waals surface area contributed by atoms with Crippen molar-refractivity contribution < 1.29 is 0 Å². The highest BCUT2D eigenvalue weighted by molar-refractivity contribution is 5.79. The van der Waals surface area contributed by atoms with Gasteiger partial charge in [0, 0.05) is 57.6 Å². The van der Waals surface area contributed by atoms with Crippen LogP contribution in [0, 0.1) is 0 Å². The predicted molar refractivity (Wildman–Crippen MR) is 117 cm³/mol. The number of aliphatic imine (C=N–C) groups is 1. The van der Waals surface area contributed by atoms with Gasteiger partial charge >= 0.3 is 0 Å². The minimum Gasteiger partial charge on any atom is -0.357 e. The van der Waals surface area contributed by atoms with Crippen molar-refractivity contribution in [2.45, 2.75) is 32.7 Å². The van der Waals surface area contributed by atoms with Gasteiger partial charge in [-0.15, -0.1) is 0 Å². The van der Waals surface area contributed by atoms with E-state index in [0.29, 0.717) is 6.54 Å². The SMILES string of the molecule is CCNC(=NCc1cccnc1N1CCN(C)CC1)NCCN1CCCCC1. The average molecular weight is 388 g/mol. The lowest BCUT2D eigenvalue weighted by atomic mass is 10.1. The van der Waals surface area contributed by atoms with Crippen LogP contribution in [0.25, 0.3) is 0 Å². The molecule has 7 heteroatoms. The van der Waals surface area contributed by atoms with E-state index in [-0.39, 0.29) is 0 Å². The quantitative estimate of drug-likeness (QED) is 0.544. The van der Waals surface area contributed by atoms with Gasteiger partial charge in [0.05, 0.1) is 6.54 Å². The van der Waals surface area contributed by atoms with Crippen molar-refractivity contribution in [1.29, 1.82) is 0 Å². The number of guanidine groups is 1. The zero-order chi connectivity index (χ0) is 19.6. The number of likely N-dealkylation sites (N-methyl/N-ethyl adjacent to an activating group) is 1. The molecule has 28 heavy (non-hydrogen) atoms. The van der Waals surface area contributed by atoms with Gasteiger partial charge in [0.25, 0.3) is 0 Å². The number of piperidine rings is 1. The zero-order valence-corrected chi connectivity index (χ0v) is 17.7. The number of rotatable bonds is 7. The Morgan fingerprint density at radius 2 is 1.86 bits per heavy atom. The van der Waals surface area contributed by atoms with Crippen LogP contribution in [-0.2, 0) is 6.54 Å². The largest absolute Gasteiger partial charge is 0.357 e. The Balaban J connectivity index is 1.56. The molecule has 0 atom stereocenters. The summed E-state index contributed by atoms with van der Waals surface area (Å²) in [5.74, 6) is 1.98. The minimum atomic E-state index is 0.647. The smallest absolute Gasteiger partial charge is 0.191 e. The molecule has 0 unspecified atom stereocenters. The normalized spacial score (nSPS) is 19.6. The van der Waals surface area contributed by atoms with Crippen molar-refractivity contribution in [3.05, 3.63) is 23.9 Å². The van der Waals surface area contributed by atoms with Crippen molar-refractivity contribution >= 4 is 11.8 Å². The van der Waals surface area contributed by atoms with E-state index in [0.717, 1.165) is 57.6 Å². The van der Waals surface area contributed by atoms with Crippen LogP contribution < -0.4 is 15.5 Å².